The molecule has 380 valence electrons. The van der Waals surface area contributed by atoms with Crippen LogP contribution in [0.2, 0.25) is 0 Å². The van der Waals surface area contributed by atoms with Crippen LogP contribution in [-0.2, 0) is 25.7 Å². The molecule has 1 aromatic heterocycles. The third kappa shape index (κ3) is 27.1. The van der Waals surface area contributed by atoms with E-state index in [1.807, 2.05) is 34.6 Å². The second-order valence-electron chi connectivity index (χ2n) is 14.7. The number of hydrogen-bond donors (Lipinski definition) is 5. The molecule has 8 aromatic carbocycles. The first-order valence-electron chi connectivity index (χ1n) is 24.9. The van der Waals surface area contributed by atoms with Crippen molar-refractivity contribution >= 4 is 44.2 Å². The molecule has 9 rings (SSSR count). The lowest BCUT2D eigenvalue weighted by atomic mass is 10.1. The van der Waals surface area contributed by atoms with Gasteiger partial charge in [0.2, 0.25) is 11.9 Å². The smallest absolute Gasteiger partial charge is 0.227 e. The molecular formula is C63H85N5O3. The van der Waals surface area contributed by atoms with Crippen molar-refractivity contribution in [1.82, 2.24) is 15.0 Å². The van der Waals surface area contributed by atoms with Crippen LogP contribution in [-0.4, -0.2) is 64.7 Å². The highest BCUT2D eigenvalue weighted by Gasteiger charge is 2.00. The van der Waals surface area contributed by atoms with Gasteiger partial charge in [-0.3, -0.25) is 0 Å². The van der Waals surface area contributed by atoms with Gasteiger partial charge in [-0.05, 0) is 101 Å². The van der Waals surface area contributed by atoms with Gasteiger partial charge in [-0.15, -0.1) is 0 Å². The Bertz CT molecular complexity index is 2140. The zero-order chi connectivity index (χ0) is 52.9. The summed E-state index contributed by atoms with van der Waals surface area (Å²) in [6.45, 7) is 20.2. The standard InChI is InChI=1S/3C10H8.2C10H14.C8H15N5.C2H6.3CH4O/c3*1-2-6-10-8-4-3-7-9(10)5-1;2*1-3-9-5-7-10(4-2)8-6-9;1-4-9-7-11-6(3)12-8(13-7)10-5-2;4*1-2/h3*1-8H;2*5-8H,3-4H2,1-2H3;4-5H2,1-3H3,(H2,9,10,11,12,13);1-2H3;3*2H,1H3. The summed E-state index contributed by atoms with van der Waals surface area (Å²) in [5.74, 6) is 1.99. The van der Waals surface area contributed by atoms with Crippen LogP contribution in [0.15, 0.2) is 194 Å². The molecule has 0 fully saturated rings. The predicted molar refractivity (Wildman–Crippen MR) is 311 cm³/mol. The highest BCUT2D eigenvalue weighted by atomic mass is 16.2. The van der Waals surface area contributed by atoms with Gasteiger partial charge in [0, 0.05) is 34.4 Å². The Labute approximate surface area is 428 Å². The number of aryl methyl sites for hydroxylation is 5. The number of aliphatic hydroxyl groups excluding tert-OH is 3. The fourth-order valence-corrected chi connectivity index (χ4v) is 6.38. The molecule has 0 saturated carbocycles. The monoisotopic (exact) mass is 960 g/mol. The Morgan fingerprint density at radius 3 is 0.606 bits per heavy atom. The quantitative estimate of drug-likeness (QED) is 0.102. The Hall–Kier alpha value is -6.97. The first kappa shape index (κ1) is 64.0. The summed E-state index contributed by atoms with van der Waals surface area (Å²) >= 11 is 0. The largest absolute Gasteiger partial charge is 0.400 e. The van der Waals surface area contributed by atoms with Crippen LogP contribution in [0.4, 0.5) is 11.9 Å². The van der Waals surface area contributed by atoms with E-state index in [2.05, 4.69) is 247 Å². The average Bonchev–Trinajstić information content (AvgIpc) is 3.46. The first-order valence-corrected chi connectivity index (χ1v) is 24.9. The number of nitrogens with zero attached hydrogens (tertiary/aromatic N) is 3. The van der Waals surface area contributed by atoms with Crippen LogP contribution >= 0.6 is 0 Å². The number of nitrogens with one attached hydrogen (secondary N) is 2. The van der Waals surface area contributed by atoms with Gasteiger partial charge in [-0.1, -0.05) is 236 Å². The zero-order valence-electron chi connectivity index (χ0n) is 44.9. The molecule has 0 amide bonds. The second-order valence-corrected chi connectivity index (χ2v) is 14.7. The predicted octanol–water partition coefficient (Wildman–Crippen LogP) is 15.0. The van der Waals surface area contributed by atoms with E-state index in [0.29, 0.717) is 11.9 Å². The number of fused-ring (bicyclic) bond motifs is 3. The summed E-state index contributed by atoms with van der Waals surface area (Å²) in [4.78, 5) is 12.4. The van der Waals surface area contributed by atoms with Gasteiger partial charge < -0.3 is 26.0 Å². The van der Waals surface area contributed by atoms with Gasteiger partial charge in [-0.2, -0.15) is 15.0 Å². The molecule has 0 aliphatic heterocycles. The van der Waals surface area contributed by atoms with Gasteiger partial charge in [0.15, 0.2) is 0 Å². The van der Waals surface area contributed by atoms with Crippen LogP contribution in [0.1, 0.15) is 83.5 Å². The van der Waals surface area contributed by atoms with Crippen LogP contribution in [0.5, 0.6) is 0 Å². The lowest BCUT2D eigenvalue weighted by molar-refractivity contribution is 0.399. The van der Waals surface area contributed by atoms with E-state index in [9.17, 15) is 0 Å². The average molecular weight is 960 g/mol. The minimum absolute atomic E-state index is 0.631. The van der Waals surface area contributed by atoms with Crippen LogP contribution in [0, 0.1) is 6.92 Å². The Kier molecular flexibility index (Phi) is 38.9. The maximum Gasteiger partial charge on any atom is 0.227 e. The first-order chi connectivity index (χ1) is 34.9. The molecule has 8 nitrogen and oxygen atoms in total. The van der Waals surface area contributed by atoms with Crippen LogP contribution in [0.3, 0.4) is 0 Å². The number of aromatic nitrogens is 3. The molecule has 0 atom stereocenters. The van der Waals surface area contributed by atoms with E-state index in [4.69, 9.17) is 15.3 Å². The fourth-order valence-electron chi connectivity index (χ4n) is 6.38. The van der Waals surface area contributed by atoms with Gasteiger partial charge in [0.05, 0.1) is 0 Å². The summed E-state index contributed by atoms with van der Waals surface area (Å²) in [7, 11) is 3.00. The Morgan fingerprint density at radius 1 is 0.296 bits per heavy atom. The van der Waals surface area contributed by atoms with Gasteiger partial charge in [-0.25, -0.2) is 0 Å². The molecule has 8 heteroatoms. The second kappa shape index (κ2) is 43.1. The number of aliphatic hydroxyl groups is 3. The Morgan fingerprint density at radius 2 is 0.465 bits per heavy atom. The molecule has 0 radical (unpaired) electrons. The van der Waals surface area contributed by atoms with Crippen LogP contribution in [0.25, 0.3) is 32.3 Å². The van der Waals surface area contributed by atoms with Gasteiger partial charge >= 0.3 is 0 Å². The van der Waals surface area contributed by atoms with Crippen molar-refractivity contribution in [3.8, 4) is 0 Å². The van der Waals surface area contributed by atoms with Crippen molar-refractivity contribution in [1.29, 1.82) is 0 Å². The highest BCUT2D eigenvalue weighted by Crippen LogP contribution is 2.13. The molecule has 0 aliphatic rings. The molecule has 0 unspecified atom stereocenters. The molecule has 71 heavy (non-hydrogen) atoms. The molecule has 0 saturated heterocycles. The molecule has 0 bridgehead atoms. The van der Waals surface area contributed by atoms with Crippen molar-refractivity contribution in [3.05, 3.63) is 222 Å². The van der Waals surface area contributed by atoms with E-state index in [1.165, 1.54) is 54.6 Å². The Balaban J connectivity index is 0.000000806. The SMILES string of the molecule is CC.CCNc1nc(C)nc(NCC)n1.CCc1ccc(CC)cc1.CCc1ccc(CC)cc1.CO.CO.CO.c1ccc2ccccc2c1.c1ccc2ccccc2c1.c1ccc2ccccc2c1. The van der Waals surface area contributed by atoms with E-state index in [0.717, 1.165) is 65.9 Å². The minimum Gasteiger partial charge on any atom is -0.400 e. The summed E-state index contributed by atoms with van der Waals surface area (Å²) in [5.41, 5.74) is 5.71. The summed E-state index contributed by atoms with van der Waals surface area (Å²) in [6, 6.07) is 67.8. The zero-order valence-corrected chi connectivity index (χ0v) is 44.9. The normalized spacial score (nSPS) is 9.11. The summed E-state index contributed by atoms with van der Waals surface area (Å²) < 4.78 is 0. The topological polar surface area (TPSA) is 123 Å². The van der Waals surface area contributed by atoms with Crippen molar-refractivity contribution in [2.75, 3.05) is 45.1 Å². The van der Waals surface area contributed by atoms with Crippen LogP contribution < -0.4 is 10.6 Å². The van der Waals surface area contributed by atoms with E-state index < -0.39 is 0 Å². The third-order valence-corrected chi connectivity index (χ3v) is 10.1. The lowest BCUT2D eigenvalue weighted by Gasteiger charge is -2.05. The highest BCUT2D eigenvalue weighted by molar-refractivity contribution is 5.83. The molecular weight excluding hydrogens is 875 g/mol. The van der Waals surface area contributed by atoms with Crippen molar-refractivity contribution in [3.63, 3.8) is 0 Å². The van der Waals surface area contributed by atoms with Crippen molar-refractivity contribution in [2.45, 2.75) is 88.0 Å². The maximum absolute atomic E-state index is 7.00. The van der Waals surface area contributed by atoms with Gasteiger partial charge in [0.25, 0.3) is 0 Å². The van der Waals surface area contributed by atoms with Crippen molar-refractivity contribution in [2.24, 2.45) is 0 Å². The number of hydrogen-bond acceptors (Lipinski definition) is 8. The number of rotatable bonds is 8. The van der Waals surface area contributed by atoms with E-state index in [1.54, 1.807) is 0 Å². The fraction of sp³-hybridized carbons (Fsp3) is 0.286. The summed E-state index contributed by atoms with van der Waals surface area (Å²) in [5, 5.41) is 35.0. The lowest BCUT2D eigenvalue weighted by Crippen LogP contribution is -2.09. The molecule has 9 aromatic rings. The molecule has 0 aliphatic carbocycles. The molecule has 5 N–H and O–H groups in total. The van der Waals surface area contributed by atoms with E-state index in [-0.39, 0.29) is 0 Å². The third-order valence-electron chi connectivity index (χ3n) is 10.1. The minimum atomic E-state index is 0.631. The maximum atomic E-state index is 7.00. The summed E-state index contributed by atoms with van der Waals surface area (Å²) in [6.07, 6.45) is 4.57. The van der Waals surface area contributed by atoms with E-state index >= 15 is 0 Å². The number of anilines is 2. The molecule has 0 spiro atoms. The van der Waals surface area contributed by atoms with Crippen molar-refractivity contribution < 1.29 is 15.3 Å². The molecule has 1 heterocycles. The number of benzene rings is 8. The van der Waals surface area contributed by atoms with Gasteiger partial charge in [0.1, 0.15) is 5.82 Å².